The Labute approximate surface area is 99.4 Å². The minimum absolute atomic E-state index is 0.174. The number of nitrogens with zero attached hydrogens (tertiary/aromatic N) is 1. The molecule has 0 saturated carbocycles. The fourth-order valence-electron chi connectivity index (χ4n) is 1.79. The average Bonchev–Trinajstić information content (AvgIpc) is 2.37. The largest absolute Gasteiger partial charge is 0.371 e. The Balaban J connectivity index is 3.11. The zero-order valence-corrected chi connectivity index (χ0v) is 10.1. The van der Waals surface area contributed by atoms with Crippen molar-refractivity contribution in [2.24, 2.45) is 0 Å². The van der Waals surface area contributed by atoms with Crippen LogP contribution < -0.4 is 0 Å². The Hall–Kier alpha value is -1.26. The van der Waals surface area contributed by atoms with Gasteiger partial charge in [-0.1, -0.05) is 0 Å². The molecule has 0 aliphatic carbocycles. The van der Waals surface area contributed by atoms with Crippen molar-refractivity contribution in [3.63, 3.8) is 0 Å². The Morgan fingerprint density at radius 2 is 2.00 bits per heavy atom. The quantitative estimate of drug-likeness (QED) is 0.633. The van der Waals surface area contributed by atoms with Gasteiger partial charge in [0.25, 0.3) is 0 Å². The van der Waals surface area contributed by atoms with Crippen LogP contribution in [0.5, 0.6) is 0 Å². The van der Waals surface area contributed by atoms with E-state index in [1.165, 1.54) is 19.3 Å². The first-order chi connectivity index (χ1) is 8.23. The van der Waals surface area contributed by atoms with Crippen molar-refractivity contribution < 1.29 is 23.9 Å². The molecule has 2 atom stereocenters. The van der Waals surface area contributed by atoms with Gasteiger partial charge in [0.15, 0.2) is 6.23 Å². The minimum Gasteiger partial charge on any atom is -0.371 e. The number of ether oxygens (including phenoxy) is 2. The maximum Gasteiger partial charge on any atom is 0.168 e. The van der Waals surface area contributed by atoms with Crippen molar-refractivity contribution in [3.05, 3.63) is 11.1 Å². The highest BCUT2D eigenvalue weighted by Crippen LogP contribution is 2.26. The first-order valence-electron chi connectivity index (χ1n) is 5.17. The molecule has 94 valence electrons. The summed E-state index contributed by atoms with van der Waals surface area (Å²) in [6.45, 7) is 2.37. The molecule has 6 nitrogen and oxygen atoms in total. The van der Waals surface area contributed by atoms with Gasteiger partial charge in [-0.15, -0.1) is 0 Å². The van der Waals surface area contributed by atoms with E-state index in [9.17, 15) is 9.59 Å². The lowest BCUT2D eigenvalue weighted by Gasteiger charge is -2.37. The summed E-state index contributed by atoms with van der Waals surface area (Å²) in [6, 6.07) is 0. The molecule has 17 heavy (non-hydrogen) atoms. The number of carbonyl (C=O) groups excluding carboxylic acids is 2. The van der Waals surface area contributed by atoms with E-state index in [1.807, 2.05) is 0 Å². The predicted molar refractivity (Wildman–Crippen MR) is 58.3 cm³/mol. The number of piperidine rings is 1. The van der Waals surface area contributed by atoms with Crippen LogP contribution in [0, 0.1) is 0 Å². The van der Waals surface area contributed by atoms with Crippen LogP contribution in [-0.2, 0) is 23.9 Å². The van der Waals surface area contributed by atoms with Gasteiger partial charge in [-0.05, 0) is 6.92 Å². The number of hydrogen-bond acceptors (Lipinski definition) is 6. The van der Waals surface area contributed by atoms with Crippen molar-refractivity contribution in [2.75, 3.05) is 27.4 Å². The van der Waals surface area contributed by atoms with Crippen molar-refractivity contribution >= 4 is 11.9 Å². The van der Waals surface area contributed by atoms with E-state index in [0.29, 0.717) is 6.61 Å². The zero-order valence-electron chi connectivity index (χ0n) is 10.1. The molecular formula is C11H15NO5. The van der Waals surface area contributed by atoms with Crippen LogP contribution in [0.3, 0.4) is 0 Å². The molecular weight excluding hydrogens is 226 g/mol. The zero-order chi connectivity index (χ0) is 12.8. The molecule has 0 bridgehead atoms. The first-order valence-corrected chi connectivity index (χ1v) is 5.17. The Morgan fingerprint density at radius 1 is 1.29 bits per heavy atom. The van der Waals surface area contributed by atoms with Gasteiger partial charge in [0, 0.05) is 14.2 Å². The molecule has 0 radical (unpaired) electrons. The smallest absolute Gasteiger partial charge is 0.168 e. The van der Waals surface area contributed by atoms with Crippen LogP contribution in [-0.4, -0.2) is 56.6 Å². The summed E-state index contributed by atoms with van der Waals surface area (Å²) in [4.78, 5) is 27.1. The van der Waals surface area contributed by atoms with Gasteiger partial charge < -0.3 is 9.47 Å². The van der Waals surface area contributed by atoms with Gasteiger partial charge in [-0.3, -0.25) is 4.84 Å². The number of rotatable bonds is 4. The van der Waals surface area contributed by atoms with E-state index < -0.39 is 12.3 Å². The van der Waals surface area contributed by atoms with Crippen LogP contribution >= 0.6 is 0 Å². The van der Waals surface area contributed by atoms with Crippen LogP contribution in [0.4, 0.5) is 0 Å². The van der Waals surface area contributed by atoms with E-state index in [1.54, 1.807) is 18.8 Å². The molecule has 0 aromatic heterocycles. The normalized spacial score (nSPS) is 25.6. The van der Waals surface area contributed by atoms with Crippen LogP contribution in [0.1, 0.15) is 6.92 Å². The van der Waals surface area contributed by atoms with Gasteiger partial charge in [0.05, 0.1) is 24.3 Å². The Kier molecular flexibility index (Phi) is 5.25. The summed E-state index contributed by atoms with van der Waals surface area (Å²) in [6.07, 6.45) is -1.44. The second kappa shape index (κ2) is 6.47. The molecule has 0 aromatic carbocycles. The third kappa shape index (κ3) is 2.70. The standard InChI is InChI=1S/C11H15NO5/c1-4-17-12-5-8(6-13)10(15-2)9(7-14)11(12)16-3/h10-11H,4-5H2,1-3H3. The number of hydrogen-bond donors (Lipinski definition) is 0. The average molecular weight is 241 g/mol. The topological polar surface area (TPSA) is 65.1 Å². The molecule has 1 saturated heterocycles. The molecule has 6 heteroatoms. The van der Waals surface area contributed by atoms with Gasteiger partial charge in [-0.2, -0.15) is 5.06 Å². The van der Waals surface area contributed by atoms with E-state index in [4.69, 9.17) is 14.3 Å². The molecule has 1 heterocycles. The van der Waals surface area contributed by atoms with E-state index in [0.717, 1.165) is 0 Å². The lowest BCUT2D eigenvalue weighted by Crippen LogP contribution is -2.49. The Bertz CT molecular complexity index is 368. The maximum absolute atomic E-state index is 11.0. The van der Waals surface area contributed by atoms with Gasteiger partial charge in [0.1, 0.15) is 18.0 Å². The minimum atomic E-state index is -0.744. The van der Waals surface area contributed by atoms with Crippen molar-refractivity contribution in [1.29, 1.82) is 0 Å². The summed E-state index contributed by atoms with van der Waals surface area (Å²) in [7, 11) is 2.85. The second-order valence-electron chi connectivity index (χ2n) is 3.38. The van der Waals surface area contributed by atoms with E-state index in [2.05, 4.69) is 0 Å². The monoisotopic (exact) mass is 241 g/mol. The molecule has 1 aliphatic rings. The number of hydroxylamine groups is 2. The molecule has 0 spiro atoms. The molecule has 1 rings (SSSR count). The fraction of sp³-hybridized carbons (Fsp3) is 0.636. The third-order valence-corrected chi connectivity index (χ3v) is 2.46. The maximum atomic E-state index is 11.0. The van der Waals surface area contributed by atoms with Crippen LogP contribution in [0.25, 0.3) is 0 Å². The molecule has 0 N–H and O–H groups in total. The second-order valence-corrected chi connectivity index (χ2v) is 3.38. The highest BCUT2D eigenvalue weighted by atomic mass is 16.7. The summed E-state index contributed by atoms with van der Waals surface area (Å²) < 4.78 is 10.3. The lowest BCUT2D eigenvalue weighted by atomic mass is 9.98. The van der Waals surface area contributed by atoms with Gasteiger partial charge in [-0.25, -0.2) is 9.59 Å². The third-order valence-electron chi connectivity index (χ3n) is 2.46. The van der Waals surface area contributed by atoms with E-state index >= 15 is 0 Å². The lowest BCUT2D eigenvalue weighted by molar-refractivity contribution is -0.237. The summed E-state index contributed by atoms with van der Waals surface area (Å²) in [5.41, 5.74) is 0.459. The summed E-state index contributed by atoms with van der Waals surface area (Å²) >= 11 is 0. The predicted octanol–water partition coefficient (Wildman–Crippen LogP) is -0.243. The van der Waals surface area contributed by atoms with Crippen molar-refractivity contribution in [2.45, 2.75) is 19.3 Å². The summed E-state index contributed by atoms with van der Waals surface area (Å²) in [5, 5.41) is 1.40. The summed E-state index contributed by atoms with van der Waals surface area (Å²) in [5.74, 6) is 3.52. The molecule has 2 unspecified atom stereocenters. The van der Waals surface area contributed by atoms with Gasteiger partial charge in [0.2, 0.25) is 0 Å². The Morgan fingerprint density at radius 3 is 2.41 bits per heavy atom. The molecule has 1 fully saturated rings. The fourth-order valence-corrected chi connectivity index (χ4v) is 1.79. The van der Waals surface area contributed by atoms with Crippen molar-refractivity contribution in [3.8, 4) is 0 Å². The first kappa shape index (κ1) is 13.8. The molecule has 0 amide bonds. The van der Waals surface area contributed by atoms with Crippen LogP contribution in [0.15, 0.2) is 11.1 Å². The highest BCUT2D eigenvalue weighted by Gasteiger charge is 2.39. The van der Waals surface area contributed by atoms with Crippen LogP contribution in [0.2, 0.25) is 0 Å². The number of methoxy groups -OCH3 is 2. The highest BCUT2D eigenvalue weighted by molar-refractivity contribution is 5.65. The van der Waals surface area contributed by atoms with Crippen molar-refractivity contribution in [1.82, 2.24) is 5.06 Å². The SMILES string of the molecule is CCON1CC(=C=O)C(OC)C(=C=O)C1OC. The molecule has 0 aromatic rings. The van der Waals surface area contributed by atoms with Gasteiger partial charge >= 0.3 is 0 Å². The molecule has 1 aliphatic heterocycles. The van der Waals surface area contributed by atoms with E-state index in [-0.39, 0.29) is 17.7 Å².